The molecule has 2 rings (SSSR count). The Bertz CT molecular complexity index is 417. The van der Waals surface area contributed by atoms with Crippen LogP contribution in [0.1, 0.15) is 32.6 Å². The molecule has 0 aromatic carbocycles. The average Bonchev–Trinajstić information content (AvgIpc) is 2.97. The first-order chi connectivity index (χ1) is 8.44. The number of carboxylic acids is 1. The molecule has 3 unspecified atom stereocenters. The zero-order valence-corrected chi connectivity index (χ0v) is 11.3. The largest absolute Gasteiger partial charge is 0.480 e. The van der Waals surface area contributed by atoms with Gasteiger partial charge < -0.3 is 10.4 Å². The van der Waals surface area contributed by atoms with Crippen LogP contribution in [0.25, 0.3) is 0 Å². The normalized spacial score (nSPS) is 31.6. The number of carboxylic acid groups (broad SMARTS) is 1. The van der Waals surface area contributed by atoms with E-state index in [-0.39, 0.29) is 12.1 Å². The second kappa shape index (κ2) is 5.14. The average molecular weight is 276 g/mol. The molecule has 0 bridgehead atoms. The Morgan fingerprint density at radius 2 is 2.11 bits per heavy atom. The molecule has 0 saturated carbocycles. The van der Waals surface area contributed by atoms with Crippen LogP contribution in [0, 0.1) is 0 Å². The SMILES string of the molecule is CC(C(=O)O)S(=O)(=O)N1CCCC1C1CCCN1. The van der Waals surface area contributed by atoms with Gasteiger partial charge in [0.15, 0.2) is 5.25 Å². The summed E-state index contributed by atoms with van der Waals surface area (Å²) in [6.07, 6.45) is 3.67. The Labute approximate surface area is 107 Å². The Morgan fingerprint density at radius 3 is 2.67 bits per heavy atom. The van der Waals surface area contributed by atoms with E-state index in [0.717, 1.165) is 32.2 Å². The van der Waals surface area contributed by atoms with Gasteiger partial charge in [0, 0.05) is 18.6 Å². The minimum absolute atomic E-state index is 0.0701. The third-order valence-corrected chi connectivity index (χ3v) is 6.13. The molecular weight excluding hydrogens is 256 g/mol. The van der Waals surface area contributed by atoms with E-state index in [9.17, 15) is 13.2 Å². The van der Waals surface area contributed by atoms with Crippen LogP contribution in [0.4, 0.5) is 0 Å². The number of aliphatic carboxylic acids is 1. The van der Waals surface area contributed by atoms with Gasteiger partial charge in [0.2, 0.25) is 10.0 Å². The van der Waals surface area contributed by atoms with Crippen LogP contribution in [0.15, 0.2) is 0 Å². The van der Waals surface area contributed by atoms with Crippen LogP contribution in [-0.4, -0.2) is 54.2 Å². The van der Waals surface area contributed by atoms with Crippen molar-refractivity contribution in [1.29, 1.82) is 0 Å². The second-order valence-corrected chi connectivity index (χ2v) is 7.25. The van der Waals surface area contributed by atoms with Crippen molar-refractivity contribution in [2.24, 2.45) is 0 Å². The molecule has 2 fully saturated rings. The van der Waals surface area contributed by atoms with Crippen LogP contribution in [0.2, 0.25) is 0 Å². The smallest absolute Gasteiger partial charge is 0.323 e. The Hall–Kier alpha value is -0.660. The van der Waals surface area contributed by atoms with Crippen molar-refractivity contribution >= 4 is 16.0 Å². The van der Waals surface area contributed by atoms with E-state index in [1.54, 1.807) is 0 Å². The summed E-state index contributed by atoms with van der Waals surface area (Å²) in [6.45, 7) is 2.61. The van der Waals surface area contributed by atoms with Gasteiger partial charge in [0.05, 0.1) is 0 Å². The maximum absolute atomic E-state index is 12.3. The molecule has 18 heavy (non-hydrogen) atoms. The number of hydrogen-bond donors (Lipinski definition) is 2. The highest BCUT2D eigenvalue weighted by molar-refractivity contribution is 7.90. The van der Waals surface area contributed by atoms with Crippen molar-refractivity contribution in [3.8, 4) is 0 Å². The Kier molecular flexibility index (Phi) is 3.93. The summed E-state index contributed by atoms with van der Waals surface area (Å²) < 4.78 is 25.9. The molecule has 6 nitrogen and oxygen atoms in total. The highest BCUT2D eigenvalue weighted by Gasteiger charge is 2.43. The van der Waals surface area contributed by atoms with Crippen molar-refractivity contribution in [2.75, 3.05) is 13.1 Å². The zero-order chi connectivity index (χ0) is 13.3. The summed E-state index contributed by atoms with van der Waals surface area (Å²) in [5, 5.41) is 10.9. The van der Waals surface area contributed by atoms with E-state index in [2.05, 4.69) is 5.32 Å². The fourth-order valence-corrected chi connectivity index (χ4v) is 4.53. The predicted molar refractivity (Wildman–Crippen MR) is 66.8 cm³/mol. The molecule has 2 saturated heterocycles. The fraction of sp³-hybridized carbons (Fsp3) is 0.909. The first kappa shape index (κ1) is 13.8. The lowest BCUT2D eigenvalue weighted by Gasteiger charge is -2.30. The van der Waals surface area contributed by atoms with Gasteiger partial charge in [0.1, 0.15) is 0 Å². The summed E-state index contributed by atoms with van der Waals surface area (Å²) in [7, 11) is -3.73. The molecule has 0 radical (unpaired) electrons. The fourth-order valence-electron chi connectivity index (χ4n) is 2.85. The van der Waals surface area contributed by atoms with Gasteiger partial charge in [-0.1, -0.05) is 0 Å². The van der Waals surface area contributed by atoms with E-state index >= 15 is 0 Å². The van der Waals surface area contributed by atoms with Gasteiger partial charge in [-0.2, -0.15) is 4.31 Å². The van der Waals surface area contributed by atoms with E-state index in [0.29, 0.717) is 6.54 Å². The number of nitrogens with one attached hydrogen (secondary N) is 1. The van der Waals surface area contributed by atoms with Gasteiger partial charge >= 0.3 is 5.97 Å². The van der Waals surface area contributed by atoms with Crippen molar-refractivity contribution in [3.63, 3.8) is 0 Å². The molecule has 2 heterocycles. The Balaban J connectivity index is 2.18. The van der Waals surface area contributed by atoms with E-state index in [4.69, 9.17) is 5.11 Å². The van der Waals surface area contributed by atoms with Gasteiger partial charge in [0.25, 0.3) is 0 Å². The van der Waals surface area contributed by atoms with Crippen molar-refractivity contribution in [2.45, 2.75) is 49.9 Å². The van der Waals surface area contributed by atoms with Crippen LogP contribution >= 0.6 is 0 Å². The molecule has 0 aromatic heterocycles. The summed E-state index contributed by atoms with van der Waals surface area (Å²) in [4.78, 5) is 10.9. The quantitative estimate of drug-likeness (QED) is 0.755. The van der Waals surface area contributed by atoms with Crippen LogP contribution in [0.5, 0.6) is 0 Å². The third-order valence-electron chi connectivity index (χ3n) is 3.93. The number of hydrogen-bond acceptors (Lipinski definition) is 4. The molecule has 0 aliphatic carbocycles. The monoisotopic (exact) mass is 276 g/mol. The van der Waals surface area contributed by atoms with Gasteiger partial charge in [-0.05, 0) is 39.2 Å². The molecular formula is C11H20N2O4S. The van der Waals surface area contributed by atoms with Crippen molar-refractivity contribution < 1.29 is 18.3 Å². The van der Waals surface area contributed by atoms with Gasteiger partial charge in [-0.3, -0.25) is 4.79 Å². The standard InChI is InChI=1S/C11H20N2O4S/c1-8(11(14)15)18(16,17)13-7-3-5-10(13)9-4-2-6-12-9/h8-10,12H,2-7H2,1H3,(H,14,15). The molecule has 0 aromatic rings. The molecule has 0 amide bonds. The molecule has 3 atom stereocenters. The minimum Gasteiger partial charge on any atom is -0.480 e. The van der Waals surface area contributed by atoms with Crippen LogP contribution in [0.3, 0.4) is 0 Å². The number of nitrogens with zero attached hydrogens (tertiary/aromatic N) is 1. The lowest BCUT2D eigenvalue weighted by molar-refractivity contribution is -0.136. The minimum atomic E-state index is -3.73. The van der Waals surface area contributed by atoms with E-state index in [1.165, 1.54) is 11.2 Å². The molecule has 104 valence electrons. The molecule has 2 N–H and O–H groups in total. The summed E-state index contributed by atoms with van der Waals surface area (Å²) in [6, 6.07) is 0.113. The molecule has 7 heteroatoms. The predicted octanol–water partition coefficient (Wildman–Crippen LogP) is 0.00570. The lowest BCUT2D eigenvalue weighted by atomic mass is 10.1. The van der Waals surface area contributed by atoms with Crippen LogP contribution < -0.4 is 5.32 Å². The van der Waals surface area contributed by atoms with Crippen LogP contribution in [-0.2, 0) is 14.8 Å². The third kappa shape index (κ3) is 2.39. The van der Waals surface area contributed by atoms with E-state index < -0.39 is 21.2 Å². The summed E-state index contributed by atoms with van der Waals surface area (Å²) >= 11 is 0. The van der Waals surface area contributed by atoms with Crippen molar-refractivity contribution in [3.05, 3.63) is 0 Å². The van der Waals surface area contributed by atoms with Crippen molar-refractivity contribution in [1.82, 2.24) is 9.62 Å². The van der Waals surface area contributed by atoms with E-state index in [1.807, 2.05) is 0 Å². The highest BCUT2D eigenvalue weighted by Crippen LogP contribution is 2.28. The summed E-state index contributed by atoms with van der Waals surface area (Å²) in [5.74, 6) is -1.28. The Morgan fingerprint density at radius 1 is 1.39 bits per heavy atom. The summed E-state index contributed by atoms with van der Waals surface area (Å²) in [5.41, 5.74) is 0. The number of rotatable bonds is 4. The zero-order valence-electron chi connectivity index (χ0n) is 10.5. The maximum Gasteiger partial charge on any atom is 0.323 e. The molecule has 2 aliphatic heterocycles. The second-order valence-electron chi connectivity index (χ2n) is 5.05. The first-order valence-electron chi connectivity index (χ1n) is 6.41. The maximum atomic E-state index is 12.3. The lowest BCUT2D eigenvalue weighted by Crippen LogP contribution is -2.50. The number of sulfonamides is 1. The molecule has 0 spiro atoms. The van der Waals surface area contributed by atoms with Gasteiger partial charge in [-0.15, -0.1) is 0 Å². The molecule has 2 aliphatic rings. The first-order valence-corrected chi connectivity index (χ1v) is 7.92. The highest BCUT2D eigenvalue weighted by atomic mass is 32.2. The topological polar surface area (TPSA) is 86.7 Å². The van der Waals surface area contributed by atoms with Gasteiger partial charge in [-0.25, -0.2) is 8.42 Å². The number of carbonyl (C=O) groups is 1.